The molecule has 7 heteroatoms. The summed E-state index contributed by atoms with van der Waals surface area (Å²) in [5.74, 6) is 0.652. The minimum absolute atomic E-state index is 0.652. The number of nitrogens with one attached hydrogen (secondary N) is 3. The summed E-state index contributed by atoms with van der Waals surface area (Å²) in [7, 11) is 0. The largest absolute Gasteiger partial charge is 0.326 e. The highest BCUT2D eigenvalue weighted by molar-refractivity contribution is 5.94. The molecule has 3 heterocycles. The van der Waals surface area contributed by atoms with E-state index < -0.39 is 0 Å². The van der Waals surface area contributed by atoms with Gasteiger partial charge >= 0.3 is 0 Å². The average molecular weight is 333 g/mol. The third-order valence-corrected chi connectivity index (χ3v) is 4.40. The van der Waals surface area contributed by atoms with Gasteiger partial charge in [-0.3, -0.25) is 10.1 Å². The SMILES string of the molecule is CCNCc1cncc(-c2ccc3[nH]nc(-c4nnc[nH]4)c3c2)c1C. The van der Waals surface area contributed by atoms with Crippen molar-refractivity contribution in [2.24, 2.45) is 0 Å². The van der Waals surface area contributed by atoms with E-state index in [9.17, 15) is 0 Å². The van der Waals surface area contributed by atoms with Crippen LogP contribution in [0.25, 0.3) is 33.5 Å². The molecule has 126 valence electrons. The highest BCUT2D eigenvalue weighted by atomic mass is 15.2. The molecule has 0 atom stereocenters. The fraction of sp³-hybridized carbons (Fsp3) is 0.222. The number of hydrogen-bond acceptors (Lipinski definition) is 5. The van der Waals surface area contributed by atoms with Crippen LogP contribution in [-0.2, 0) is 6.54 Å². The molecule has 0 unspecified atom stereocenters. The number of aromatic nitrogens is 6. The summed E-state index contributed by atoms with van der Waals surface area (Å²) in [5, 5.41) is 19.7. The molecule has 3 aromatic heterocycles. The Labute approximate surface area is 144 Å². The van der Waals surface area contributed by atoms with Crippen molar-refractivity contribution < 1.29 is 0 Å². The van der Waals surface area contributed by atoms with Gasteiger partial charge in [-0.05, 0) is 42.3 Å². The number of H-pyrrole nitrogens is 2. The summed E-state index contributed by atoms with van der Waals surface area (Å²) in [6, 6.07) is 6.25. The summed E-state index contributed by atoms with van der Waals surface area (Å²) >= 11 is 0. The van der Waals surface area contributed by atoms with E-state index in [-0.39, 0.29) is 0 Å². The van der Waals surface area contributed by atoms with Crippen LogP contribution in [0.1, 0.15) is 18.1 Å². The zero-order chi connectivity index (χ0) is 17.2. The van der Waals surface area contributed by atoms with E-state index in [1.165, 1.54) is 11.1 Å². The molecule has 0 spiro atoms. The van der Waals surface area contributed by atoms with Gasteiger partial charge in [-0.2, -0.15) is 5.10 Å². The first-order chi connectivity index (χ1) is 12.3. The van der Waals surface area contributed by atoms with Gasteiger partial charge in [0.15, 0.2) is 5.82 Å². The highest BCUT2D eigenvalue weighted by Gasteiger charge is 2.13. The van der Waals surface area contributed by atoms with E-state index in [0.717, 1.165) is 40.8 Å². The number of hydrogen-bond donors (Lipinski definition) is 3. The Morgan fingerprint density at radius 1 is 1.20 bits per heavy atom. The average Bonchev–Trinajstić information content (AvgIpc) is 3.29. The van der Waals surface area contributed by atoms with Crippen molar-refractivity contribution in [3.05, 3.63) is 48.0 Å². The molecule has 0 amide bonds. The molecule has 1 aromatic carbocycles. The number of fused-ring (bicyclic) bond motifs is 1. The Bertz CT molecular complexity index is 1000. The highest BCUT2D eigenvalue weighted by Crippen LogP contribution is 2.30. The smallest absolute Gasteiger partial charge is 0.182 e. The molecule has 3 N–H and O–H groups in total. The summed E-state index contributed by atoms with van der Waals surface area (Å²) in [5.41, 5.74) is 6.41. The van der Waals surface area contributed by atoms with Gasteiger partial charge in [0.1, 0.15) is 12.0 Å². The maximum Gasteiger partial charge on any atom is 0.182 e. The molecule has 25 heavy (non-hydrogen) atoms. The number of pyridine rings is 1. The molecule has 0 aliphatic heterocycles. The lowest BCUT2D eigenvalue weighted by Gasteiger charge is -2.11. The van der Waals surface area contributed by atoms with Crippen molar-refractivity contribution in [1.29, 1.82) is 0 Å². The molecule has 7 nitrogen and oxygen atoms in total. The van der Waals surface area contributed by atoms with Crippen molar-refractivity contribution in [2.75, 3.05) is 6.54 Å². The summed E-state index contributed by atoms with van der Waals surface area (Å²) in [6.07, 6.45) is 5.40. The van der Waals surface area contributed by atoms with E-state index in [2.05, 4.69) is 61.7 Å². The quantitative estimate of drug-likeness (QED) is 0.522. The fourth-order valence-corrected chi connectivity index (χ4v) is 2.98. The third kappa shape index (κ3) is 2.78. The van der Waals surface area contributed by atoms with Crippen LogP contribution in [0.3, 0.4) is 0 Å². The fourth-order valence-electron chi connectivity index (χ4n) is 2.98. The number of benzene rings is 1. The second-order valence-electron chi connectivity index (χ2n) is 5.92. The van der Waals surface area contributed by atoms with Gasteiger partial charge in [0, 0.05) is 29.9 Å². The summed E-state index contributed by atoms with van der Waals surface area (Å²) < 4.78 is 0. The number of rotatable bonds is 5. The van der Waals surface area contributed by atoms with Crippen LogP contribution in [0.5, 0.6) is 0 Å². The Balaban J connectivity index is 1.81. The van der Waals surface area contributed by atoms with Crippen molar-refractivity contribution in [3.8, 4) is 22.6 Å². The summed E-state index contributed by atoms with van der Waals surface area (Å²) in [4.78, 5) is 7.43. The molecule has 0 aliphatic carbocycles. The van der Waals surface area contributed by atoms with Crippen molar-refractivity contribution in [3.63, 3.8) is 0 Å². The van der Waals surface area contributed by atoms with E-state index in [0.29, 0.717) is 5.82 Å². The Morgan fingerprint density at radius 3 is 2.92 bits per heavy atom. The lowest BCUT2D eigenvalue weighted by Crippen LogP contribution is -2.13. The molecular formula is C18H19N7. The monoisotopic (exact) mass is 333 g/mol. The standard InChI is InChI=1S/C18H19N7/c1-3-19-7-13-8-20-9-15(11(13)2)12-4-5-16-14(6-12)17(24-23-16)18-21-10-22-25-18/h4-6,8-10,19H,3,7H2,1-2H3,(H,23,24)(H,21,22,25). The van der Waals surface area contributed by atoms with Crippen LogP contribution in [0.2, 0.25) is 0 Å². The Hall–Kier alpha value is -3.06. The van der Waals surface area contributed by atoms with Crippen molar-refractivity contribution in [2.45, 2.75) is 20.4 Å². The van der Waals surface area contributed by atoms with Crippen LogP contribution >= 0.6 is 0 Å². The van der Waals surface area contributed by atoms with Gasteiger partial charge in [-0.25, -0.2) is 0 Å². The third-order valence-electron chi connectivity index (χ3n) is 4.40. The molecule has 0 aliphatic rings. The predicted octanol–water partition coefficient (Wildman–Crippen LogP) is 2.83. The maximum atomic E-state index is 4.42. The van der Waals surface area contributed by atoms with Gasteiger partial charge in [-0.15, -0.1) is 10.2 Å². The molecule has 4 rings (SSSR count). The number of nitrogens with zero attached hydrogens (tertiary/aromatic N) is 4. The molecule has 0 fully saturated rings. The van der Waals surface area contributed by atoms with E-state index in [1.54, 1.807) is 6.33 Å². The minimum Gasteiger partial charge on any atom is -0.326 e. The first-order valence-corrected chi connectivity index (χ1v) is 8.27. The minimum atomic E-state index is 0.652. The number of aromatic amines is 2. The van der Waals surface area contributed by atoms with Crippen LogP contribution in [0, 0.1) is 6.92 Å². The zero-order valence-corrected chi connectivity index (χ0v) is 14.2. The van der Waals surface area contributed by atoms with Gasteiger partial charge in [0.2, 0.25) is 0 Å². The van der Waals surface area contributed by atoms with Crippen LogP contribution in [0.15, 0.2) is 36.9 Å². The topological polar surface area (TPSA) is 95.2 Å². The first-order valence-electron chi connectivity index (χ1n) is 8.27. The van der Waals surface area contributed by atoms with Gasteiger partial charge in [-0.1, -0.05) is 13.0 Å². The van der Waals surface area contributed by atoms with Crippen LogP contribution in [0.4, 0.5) is 0 Å². The second kappa shape index (κ2) is 6.45. The first kappa shape index (κ1) is 15.5. The van der Waals surface area contributed by atoms with Crippen LogP contribution < -0.4 is 5.32 Å². The van der Waals surface area contributed by atoms with Gasteiger partial charge < -0.3 is 10.3 Å². The normalized spacial score (nSPS) is 11.3. The molecule has 0 bridgehead atoms. The zero-order valence-electron chi connectivity index (χ0n) is 14.2. The Morgan fingerprint density at radius 2 is 2.12 bits per heavy atom. The van der Waals surface area contributed by atoms with Crippen molar-refractivity contribution >= 4 is 10.9 Å². The predicted molar refractivity (Wildman–Crippen MR) is 96.8 cm³/mol. The molecule has 4 aromatic rings. The molecule has 0 saturated carbocycles. The maximum absolute atomic E-state index is 4.42. The molecular weight excluding hydrogens is 314 g/mol. The lowest BCUT2D eigenvalue weighted by atomic mass is 9.98. The lowest BCUT2D eigenvalue weighted by molar-refractivity contribution is 0.721. The molecule has 0 radical (unpaired) electrons. The van der Waals surface area contributed by atoms with Crippen LogP contribution in [-0.4, -0.2) is 36.9 Å². The van der Waals surface area contributed by atoms with E-state index in [4.69, 9.17) is 0 Å². The van der Waals surface area contributed by atoms with Crippen molar-refractivity contribution in [1.82, 2.24) is 35.7 Å². The van der Waals surface area contributed by atoms with E-state index in [1.807, 2.05) is 18.5 Å². The molecule has 0 saturated heterocycles. The van der Waals surface area contributed by atoms with Gasteiger partial charge in [0.05, 0.1) is 5.52 Å². The van der Waals surface area contributed by atoms with E-state index >= 15 is 0 Å². The van der Waals surface area contributed by atoms with Gasteiger partial charge in [0.25, 0.3) is 0 Å². The second-order valence-corrected chi connectivity index (χ2v) is 5.92. The summed E-state index contributed by atoms with van der Waals surface area (Å²) in [6.45, 7) is 6.00. The Kier molecular flexibility index (Phi) is 3.99.